The third-order valence-corrected chi connectivity index (χ3v) is 3.53. The fourth-order valence-corrected chi connectivity index (χ4v) is 2.15. The molecule has 0 aliphatic carbocycles. The number of likely N-dealkylation sites (tertiary alicyclic amines) is 1. The highest BCUT2D eigenvalue weighted by Crippen LogP contribution is 2.21. The van der Waals surface area contributed by atoms with Crippen molar-refractivity contribution in [2.24, 2.45) is 5.92 Å². The predicted molar refractivity (Wildman–Crippen MR) is 63.5 cm³/mol. The van der Waals surface area contributed by atoms with Crippen LogP contribution in [0.1, 0.15) is 47.5 Å². The van der Waals surface area contributed by atoms with Crippen molar-refractivity contribution >= 4 is 0 Å². The molecule has 82 valence electrons. The van der Waals surface area contributed by atoms with E-state index in [0.717, 1.165) is 12.0 Å². The lowest BCUT2D eigenvalue weighted by atomic mass is 10.0. The third kappa shape index (κ3) is 3.13. The summed E-state index contributed by atoms with van der Waals surface area (Å²) in [7, 11) is 0. The zero-order chi connectivity index (χ0) is 10.7. The fraction of sp³-hybridized carbons (Fsp3) is 0.846. The van der Waals surface area contributed by atoms with Gasteiger partial charge < -0.3 is 4.90 Å². The van der Waals surface area contributed by atoms with Gasteiger partial charge in [-0.25, -0.2) is 0 Å². The number of hydrogen-bond acceptors (Lipinski definition) is 1. The van der Waals surface area contributed by atoms with Crippen molar-refractivity contribution in [1.82, 2.24) is 4.90 Å². The molecule has 2 unspecified atom stereocenters. The molecule has 1 aliphatic rings. The molecular formula is C13H25N. The molecule has 1 aliphatic heterocycles. The molecule has 0 saturated carbocycles. The minimum absolute atomic E-state index is 0.731. The Kier molecular flexibility index (Phi) is 4.18. The minimum Gasteiger partial charge on any atom is -0.300 e. The first-order chi connectivity index (χ1) is 6.50. The van der Waals surface area contributed by atoms with Crippen molar-refractivity contribution in [1.29, 1.82) is 0 Å². The van der Waals surface area contributed by atoms with Crippen LogP contribution in [0.2, 0.25) is 0 Å². The van der Waals surface area contributed by atoms with Gasteiger partial charge in [0.1, 0.15) is 0 Å². The Labute approximate surface area is 89.2 Å². The SMILES string of the molecule is CC(C)=C(C)CC(C)N1CCC(C)C1. The molecule has 1 rings (SSSR count). The third-order valence-electron chi connectivity index (χ3n) is 3.53. The standard InChI is InChI=1S/C13H25N/c1-10(2)12(4)8-13(5)14-7-6-11(3)9-14/h11,13H,6-9H2,1-5H3. The largest absolute Gasteiger partial charge is 0.300 e. The van der Waals surface area contributed by atoms with Gasteiger partial charge >= 0.3 is 0 Å². The van der Waals surface area contributed by atoms with Crippen molar-refractivity contribution in [3.63, 3.8) is 0 Å². The van der Waals surface area contributed by atoms with E-state index in [4.69, 9.17) is 0 Å². The molecule has 0 spiro atoms. The molecule has 0 aromatic carbocycles. The van der Waals surface area contributed by atoms with E-state index in [9.17, 15) is 0 Å². The van der Waals surface area contributed by atoms with Crippen LogP contribution in [0.15, 0.2) is 11.1 Å². The lowest BCUT2D eigenvalue weighted by Crippen LogP contribution is -2.31. The van der Waals surface area contributed by atoms with E-state index in [1.165, 1.54) is 31.5 Å². The van der Waals surface area contributed by atoms with Gasteiger partial charge in [-0.15, -0.1) is 0 Å². The second-order valence-corrected chi connectivity index (χ2v) is 5.22. The fourth-order valence-electron chi connectivity index (χ4n) is 2.15. The highest BCUT2D eigenvalue weighted by Gasteiger charge is 2.22. The van der Waals surface area contributed by atoms with Crippen LogP contribution in [0.5, 0.6) is 0 Å². The predicted octanol–water partition coefficient (Wildman–Crippen LogP) is 3.46. The average Bonchev–Trinajstić information content (AvgIpc) is 2.51. The molecule has 0 amide bonds. The van der Waals surface area contributed by atoms with Crippen LogP contribution >= 0.6 is 0 Å². The Hall–Kier alpha value is -0.300. The van der Waals surface area contributed by atoms with Gasteiger partial charge in [0, 0.05) is 12.6 Å². The van der Waals surface area contributed by atoms with E-state index in [0.29, 0.717) is 0 Å². The maximum absolute atomic E-state index is 2.64. The van der Waals surface area contributed by atoms with Gasteiger partial charge in [0.2, 0.25) is 0 Å². The Morgan fingerprint density at radius 3 is 2.43 bits per heavy atom. The van der Waals surface area contributed by atoms with Crippen LogP contribution in [0.3, 0.4) is 0 Å². The first kappa shape index (κ1) is 11.8. The highest BCUT2D eigenvalue weighted by molar-refractivity contribution is 5.08. The molecule has 0 N–H and O–H groups in total. The summed E-state index contributed by atoms with van der Waals surface area (Å²) in [5, 5.41) is 0. The molecule has 0 radical (unpaired) electrons. The van der Waals surface area contributed by atoms with E-state index in [1.807, 2.05) is 0 Å². The Morgan fingerprint density at radius 1 is 1.36 bits per heavy atom. The molecular weight excluding hydrogens is 170 g/mol. The van der Waals surface area contributed by atoms with E-state index in [-0.39, 0.29) is 0 Å². The quantitative estimate of drug-likeness (QED) is 0.623. The second-order valence-electron chi connectivity index (χ2n) is 5.22. The van der Waals surface area contributed by atoms with Crippen LogP contribution in [-0.4, -0.2) is 24.0 Å². The molecule has 1 saturated heterocycles. The summed E-state index contributed by atoms with van der Waals surface area (Å²) in [6.07, 6.45) is 2.63. The molecule has 1 fully saturated rings. The Bertz CT molecular complexity index is 213. The lowest BCUT2D eigenvalue weighted by Gasteiger charge is -2.24. The van der Waals surface area contributed by atoms with Crippen molar-refractivity contribution in [2.75, 3.05) is 13.1 Å². The average molecular weight is 195 g/mol. The van der Waals surface area contributed by atoms with Gasteiger partial charge in [0.25, 0.3) is 0 Å². The zero-order valence-electron chi connectivity index (χ0n) is 10.4. The van der Waals surface area contributed by atoms with E-state index in [2.05, 4.69) is 39.5 Å². The van der Waals surface area contributed by atoms with E-state index < -0.39 is 0 Å². The number of nitrogens with zero attached hydrogens (tertiary/aromatic N) is 1. The topological polar surface area (TPSA) is 3.24 Å². The summed E-state index contributed by atoms with van der Waals surface area (Å²) in [5.41, 5.74) is 3.06. The van der Waals surface area contributed by atoms with Crippen LogP contribution in [0.4, 0.5) is 0 Å². The molecule has 0 aromatic heterocycles. The summed E-state index contributed by atoms with van der Waals surface area (Å²) < 4.78 is 0. The molecule has 14 heavy (non-hydrogen) atoms. The molecule has 0 aromatic rings. The van der Waals surface area contributed by atoms with E-state index >= 15 is 0 Å². The van der Waals surface area contributed by atoms with Crippen LogP contribution in [0, 0.1) is 5.92 Å². The van der Waals surface area contributed by atoms with Crippen LogP contribution in [-0.2, 0) is 0 Å². The molecule has 2 atom stereocenters. The summed E-state index contributed by atoms with van der Waals surface area (Å²) in [6.45, 7) is 14.0. The van der Waals surface area contributed by atoms with Crippen molar-refractivity contribution in [3.05, 3.63) is 11.1 Å². The monoisotopic (exact) mass is 195 g/mol. The van der Waals surface area contributed by atoms with Gasteiger partial charge in [-0.05, 0) is 53.0 Å². The normalized spacial score (nSPS) is 25.1. The van der Waals surface area contributed by atoms with Crippen molar-refractivity contribution < 1.29 is 0 Å². The molecule has 1 heteroatoms. The summed E-state index contributed by atoms with van der Waals surface area (Å²) in [6, 6.07) is 0.731. The van der Waals surface area contributed by atoms with Crippen molar-refractivity contribution in [2.45, 2.75) is 53.5 Å². The maximum atomic E-state index is 2.64. The summed E-state index contributed by atoms with van der Waals surface area (Å²) >= 11 is 0. The van der Waals surface area contributed by atoms with Gasteiger partial charge in [0.15, 0.2) is 0 Å². The van der Waals surface area contributed by atoms with Crippen LogP contribution in [0.25, 0.3) is 0 Å². The Morgan fingerprint density at radius 2 is 2.00 bits per heavy atom. The van der Waals surface area contributed by atoms with Crippen molar-refractivity contribution in [3.8, 4) is 0 Å². The first-order valence-electron chi connectivity index (χ1n) is 5.87. The molecule has 1 nitrogen and oxygen atoms in total. The van der Waals surface area contributed by atoms with Gasteiger partial charge in [-0.2, -0.15) is 0 Å². The van der Waals surface area contributed by atoms with Gasteiger partial charge in [0.05, 0.1) is 0 Å². The highest BCUT2D eigenvalue weighted by atomic mass is 15.2. The first-order valence-corrected chi connectivity index (χ1v) is 5.87. The summed E-state index contributed by atoms with van der Waals surface area (Å²) in [5.74, 6) is 0.907. The number of allylic oxidation sites excluding steroid dienone is 1. The van der Waals surface area contributed by atoms with Gasteiger partial charge in [-0.3, -0.25) is 0 Å². The number of rotatable bonds is 3. The van der Waals surface area contributed by atoms with E-state index in [1.54, 1.807) is 5.57 Å². The number of hydrogen-bond donors (Lipinski definition) is 0. The van der Waals surface area contributed by atoms with Crippen LogP contribution < -0.4 is 0 Å². The molecule has 0 bridgehead atoms. The smallest absolute Gasteiger partial charge is 0.0104 e. The maximum Gasteiger partial charge on any atom is 0.0104 e. The Balaban J connectivity index is 2.43. The summed E-state index contributed by atoms with van der Waals surface area (Å²) in [4.78, 5) is 2.64. The second kappa shape index (κ2) is 4.97. The minimum atomic E-state index is 0.731. The lowest BCUT2D eigenvalue weighted by molar-refractivity contribution is 0.249. The van der Waals surface area contributed by atoms with Gasteiger partial charge in [-0.1, -0.05) is 18.1 Å². The molecule has 1 heterocycles. The zero-order valence-corrected chi connectivity index (χ0v) is 10.4.